The van der Waals surface area contributed by atoms with Crippen LogP contribution in [0, 0.1) is 15.9 Å². The van der Waals surface area contributed by atoms with E-state index >= 15 is 0 Å². The van der Waals surface area contributed by atoms with Crippen molar-refractivity contribution in [2.75, 3.05) is 13.7 Å². The second kappa shape index (κ2) is 6.08. The zero-order valence-electron chi connectivity index (χ0n) is 12.5. The summed E-state index contributed by atoms with van der Waals surface area (Å²) in [5, 5.41) is 12.0. The number of H-pyrrole nitrogens is 1. The molecule has 23 heavy (non-hydrogen) atoms. The maximum atomic E-state index is 13.2. The van der Waals surface area contributed by atoms with Crippen LogP contribution in [0.2, 0.25) is 0 Å². The summed E-state index contributed by atoms with van der Waals surface area (Å²) in [6, 6.07) is 11.3. The van der Waals surface area contributed by atoms with Crippen LogP contribution >= 0.6 is 0 Å². The van der Waals surface area contributed by atoms with E-state index < -0.39 is 5.92 Å². The average molecular weight is 314 g/mol. The number of halogens is 1. The summed E-state index contributed by atoms with van der Waals surface area (Å²) < 4.78 is 18.4. The fraction of sp³-hybridized carbons (Fsp3) is 0.176. The molecule has 1 aromatic heterocycles. The summed E-state index contributed by atoms with van der Waals surface area (Å²) >= 11 is 0. The quantitative estimate of drug-likeness (QED) is 0.576. The summed E-state index contributed by atoms with van der Waals surface area (Å²) in [6.45, 7) is -0.268. The SMILES string of the molecule is COc1ccc2[nH]cc([C@H](C[N+](=O)[O-])c3ccc(F)cc3)c2c1. The molecule has 0 saturated heterocycles. The van der Waals surface area contributed by atoms with E-state index in [4.69, 9.17) is 4.74 Å². The maximum absolute atomic E-state index is 13.2. The Hall–Kier alpha value is -2.89. The molecule has 0 spiro atoms. The lowest BCUT2D eigenvalue weighted by Crippen LogP contribution is -2.13. The number of ether oxygens (including phenoxy) is 1. The van der Waals surface area contributed by atoms with E-state index in [1.165, 1.54) is 12.1 Å². The number of fused-ring (bicyclic) bond motifs is 1. The average Bonchev–Trinajstić information content (AvgIpc) is 2.96. The number of rotatable bonds is 5. The Morgan fingerprint density at radius 2 is 2.00 bits per heavy atom. The minimum Gasteiger partial charge on any atom is -0.497 e. The van der Waals surface area contributed by atoms with Crippen molar-refractivity contribution in [1.82, 2.24) is 4.98 Å². The molecule has 0 bridgehead atoms. The van der Waals surface area contributed by atoms with Crippen molar-refractivity contribution in [1.29, 1.82) is 0 Å². The largest absolute Gasteiger partial charge is 0.497 e. The van der Waals surface area contributed by atoms with Gasteiger partial charge in [-0.1, -0.05) is 12.1 Å². The van der Waals surface area contributed by atoms with E-state index in [9.17, 15) is 14.5 Å². The highest BCUT2D eigenvalue weighted by Crippen LogP contribution is 2.33. The zero-order valence-corrected chi connectivity index (χ0v) is 12.5. The van der Waals surface area contributed by atoms with Gasteiger partial charge in [0.25, 0.3) is 0 Å². The molecule has 0 radical (unpaired) electrons. The maximum Gasteiger partial charge on any atom is 0.214 e. The van der Waals surface area contributed by atoms with Crippen molar-refractivity contribution < 1.29 is 14.1 Å². The third-order valence-corrected chi connectivity index (χ3v) is 3.90. The molecule has 3 rings (SSSR count). The van der Waals surface area contributed by atoms with Gasteiger partial charge in [0.1, 0.15) is 11.6 Å². The minimum absolute atomic E-state index is 0.268. The Labute approximate surface area is 131 Å². The Balaban J connectivity index is 2.12. The molecule has 0 aliphatic rings. The van der Waals surface area contributed by atoms with E-state index in [1.54, 1.807) is 25.4 Å². The molecule has 0 aliphatic heterocycles. The molecule has 5 nitrogen and oxygen atoms in total. The van der Waals surface area contributed by atoms with Crippen LogP contribution in [0.4, 0.5) is 4.39 Å². The van der Waals surface area contributed by atoms with Gasteiger partial charge in [0.2, 0.25) is 6.54 Å². The number of methoxy groups -OCH3 is 1. The van der Waals surface area contributed by atoms with Crippen molar-refractivity contribution in [2.24, 2.45) is 0 Å². The second-order valence-electron chi connectivity index (χ2n) is 5.27. The van der Waals surface area contributed by atoms with Crippen LogP contribution in [-0.4, -0.2) is 23.6 Å². The molecule has 0 aliphatic carbocycles. The summed E-state index contributed by atoms with van der Waals surface area (Å²) in [4.78, 5) is 13.9. The van der Waals surface area contributed by atoms with Gasteiger partial charge in [-0.3, -0.25) is 10.1 Å². The predicted molar refractivity (Wildman–Crippen MR) is 85.0 cm³/mol. The van der Waals surface area contributed by atoms with E-state index in [1.807, 2.05) is 18.2 Å². The smallest absolute Gasteiger partial charge is 0.214 e. The first-order valence-electron chi connectivity index (χ1n) is 7.11. The number of aromatic nitrogens is 1. The Morgan fingerprint density at radius 3 is 2.65 bits per heavy atom. The first-order chi connectivity index (χ1) is 11.1. The number of benzene rings is 2. The zero-order chi connectivity index (χ0) is 16.4. The number of nitrogens with one attached hydrogen (secondary N) is 1. The number of nitrogens with zero attached hydrogens (tertiary/aromatic N) is 1. The fourth-order valence-electron chi connectivity index (χ4n) is 2.76. The van der Waals surface area contributed by atoms with E-state index in [0.717, 1.165) is 16.5 Å². The highest BCUT2D eigenvalue weighted by molar-refractivity contribution is 5.85. The van der Waals surface area contributed by atoms with Gasteiger partial charge in [-0.2, -0.15) is 0 Å². The van der Waals surface area contributed by atoms with Gasteiger partial charge in [0.15, 0.2) is 0 Å². The van der Waals surface area contributed by atoms with E-state index in [0.29, 0.717) is 11.3 Å². The third-order valence-electron chi connectivity index (χ3n) is 3.90. The molecule has 1 N–H and O–H groups in total. The fourth-order valence-corrected chi connectivity index (χ4v) is 2.76. The van der Waals surface area contributed by atoms with Gasteiger partial charge < -0.3 is 9.72 Å². The molecule has 0 fully saturated rings. The molecule has 0 amide bonds. The van der Waals surface area contributed by atoms with Crippen LogP contribution < -0.4 is 4.74 Å². The molecule has 1 atom stereocenters. The van der Waals surface area contributed by atoms with Crippen molar-refractivity contribution in [3.05, 3.63) is 75.7 Å². The first-order valence-corrected chi connectivity index (χ1v) is 7.11. The molecule has 6 heteroatoms. The van der Waals surface area contributed by atoms with E-state index in [2.05, 4.69) is 4.98 Å². The van der Waals surface area contributed by atoms with E-state index in [-0.39, 0.29) is 17.3 Å². The predicted octanol–water partition coefficient (Wildman–Crippen LogP) is 3.72. The number of aromatic amines is 1. The molecule has 1 heterocycles. The Kier molecular flexibility index (Phi) is 3.97. The topological polar surface area (TPSA) is 68.2 Å². The monoisotopic (exact) mass is 314 g/mol. The van der Waals surface area contributed by atoms with Crippen LogP contribution in [0.1, 0.15) is 17.0 Å². The molecule has 118 valence electrons. The van der Waals surface area contributed by atoms with Crippen LogP contribution in [0.25, 0.3) is 10.9 Å². The summed E-state index contributed by atoms with van der Waals surface area (Å²) in [6.07, 6.45) is 1.77. The minimum atomic E-state index is -0.466. The van der Waals surface area contributed by atoms with Crippen LogP contribution in [-0.2, 0) is 0 Å². The lowest BCUT2D eigenvalue weighted by atomic mass is 9.91. The Bertz CT molecular complexity index is 843. The van der Waals surface area contributed by atoms with Crippen molar-refractivity contribution >= 4 is 10.9 Å². The molecule has 3 aromatic rings. The summed E-state index contributed by atoms with van der Waals surface area (Å²) in [5.41, 5.74) is 2.37. The molecule has 2 aromatic carbocycles. The van der Waals surface area contributed by atoms with Gasteiger partial charge in [-0.05, 0) is 41.5 Å². The molecule has 0 unspecified atom stereocenters. The first kappa shape index (κ1) is 15.0. The van der Waals surface area contributed by atoms with Crippen molar-refractivity contribution in [2.45, 2.75) is 5.92 Å². The summed E-state index contributed by atoms with van der Waals surface area (Å²) in [5.74, 6) is -0.155. The molecular weight excluding hydrogens is 299 g/mol. The second-order valence-corrected chi connectivity index (χ2v) is 5.27. The standard InChI is InChI=1S/C17H15FN2O3/c1-23-13-6-7-17-14(8-13)15(9-19-17)16(10-20(21)22)11-2-4-12(18)5-3-11/h2-9,16,19H,10H2,1H3/t16-/m1/s1. The van der Waals surface area contributed by atoms with Gasteiger partial charge in [-0.15, -0.1) is 0 Å². The van der Waals surface area contributed by atoms with Gasteiger partial charge in [0.05, 0.1) is 13.0 Å². The highest BCUT2D eigenvalue weighted by Gasteiger charge is 2.23. The van der Waals surface area contributed by atoms with Crippen molar-refractivity contribution in [3.8, 4) is 5.75 Å². The summed E-state index contributed by atoms with van der Waals surface area (Å²) in [7, 11) is 1.57. The number of hydrogen-bond donors (Lipinski definition) is 1. The Morgan fingerprint density at radius 1 is 1.26 bits per heavy atom. The van der Waals surface area contributed by atoms with Crippen LogP contribution in [0.3, 0.4) is 0 Å². The molecular formula is C17H15FN2O3. The molecule has 0 saturated carbocycles. The number of hydrogen-bond acceptors (Lipinski definition) is 3. The van der Waals surface area contributed by atoms with Crippen molar-refractivity contribution in [3.63, 3.8) is 0 Å². The van der Waals surface area contributed by atoms with Gasteiger partial charge in [0, 0.05) is 22.0 Å². The lowest BCUT2D eigenvalue weighted by Gasteiger charge is -2.13. The highest BCUT2D eigenvalue weighted by atomic mass is 19.1. The number of nitro groups is 1. The van der Waals surface area contributed by atoms with Gasteiger partial charge >= 0.3 is 0 Å². The van der Waals surface area contributed by atoms with Crippen LogP contribution in [0.5, 0.6) is 5.75 Å². The van der Waals surface area contributed by atoms with Crippen LogP contribution in [0.15, 0.2) is 48.7 Å². The normalized spacial score (nSPS) is 12.3. The third kappa shape index (κ3) is 3.01. The lowest BCUT2D eigenvalue weighted by molar-refractivity contribution is -0.481. The van der Waals surface area contributed by atoms with Gasteiger partial charge in [-0.25, -0.2) is 4.39 Å².